The van der Waals surface area contributed by atoms with Crippen LogP contribution in [-0.2, 0) is 5.66 Å². The van der Waals surface area contributed by atoms with Crippen LogP contribution in [0.25, 0.3) is 77.7 Å². The molecule has 0 saturated heterocycles. The third kappa shape index (κ3) is 2.40. The number of aromatic nitrogens is 7. The molecule has 1 atom stereocenters. The van der Waals surface area contributed by atoms with Gasteiger partial charge in [-0.1, -0.05) is 41.1 Å². The zero-order chi connectivity index (χ0) is 31.9. The SMILES string of the molecule is Cc1c(-c2ccc3ncccn23)c(C)[n+]2n1-c1ccc3c4ccccc4n4c3c1C21c2c-4cccc2-n2c3ccccc3c3ccc[n+]1c32. The molecule has 0 N–H and O–H groups in total. The zero-order valence-corrected chi connectivity index (χ0v) is 26.8. The molecule has 0 amide bonds. The van der Waals surface area contributed by atoms with Crippen LogP contribution >= 0.6 is 0 Å². The van der Waals surface area contributed by atoms with Gasteiger partial charge >= 0.3 is 11.3 Å². The van der Waals surface area contributed by atoms with Gasteiger partial charge in [-0.25, -0.2) is 4.98 Å². The topological polar surface area (TPSA) is 39.9 Å². The summed E-state index contributed by atoms with van der Waals surface area (Å²) in [6, 6.07) is 40.3. The van der Waals surface area contributed by atoms with Gasteiger partial charge in [-0.15, -0.1) is 4.68 Å². The molecule has 1 unspecified atom stereocenters. The Morgan fingerprint density at radius 1 is 0.633 bits per heavy atom. The lowest BCUT2D eigenvalue weighted by Gasteiger charge is -2.33. The van der Waals surface area contributed by atoms with E-state index in [2.05, 4.69) is 162 Å². The van der Waals surface area contributed by atoms with Crippen molar-refractivity contribution in [3.63, 3.8) is 0 Å². The Hall–Kier alpha value is -6.47. The van der Waals surface area contributed by atoms with E-state index in [4.69, 9.17) is 0 Å². The molecule has 3 aliphatic heterocycles. The number of rotatable bonds is 1. The van der Waals surface area contributed by atoms with E-state index in [1.54, 1.807) is 0 Å². The fourth-order valence-electron chi connectivity index (χ4n) is 10.2. The van der Waals surface area contributed by atoms with Gasteiger partial charge in [0.05, 0.1) is 45.3 Å². The summed E-state index contributed by atoms with van der Waals surface area (Å²) in [4.78, 5) is 4.67. The van der Waals surface area contributed by atoms with Gasteiger partial charge in [-0.2, -0.15) is 9.13 Å². The highest BCUT2D eigenvalue weighted by Gasteiger charge is 2.69. The standard InChI is InChI=1S/C42H27N7/c1-24-37(32-19-20-36-43-21-9-22-44(32)36)25(2)49-42-38-33(46-30-13-5-3-10-26(30)28-17-18-35(48(24)49)39(42)40(28)46)15-7-16-34(38)47-31-14-6-4-11-27(31)29-12-8-23-45(42)41(29)47/h3-23H,1-2H3/q+2. The molecule has 9 heterocycles. The highest BCUT2D eigenvalue weighted by atomic mass is 15.5. The van der Waals surface area contributed by atoms with Gasteiger partial charge in [0.1, 0.15) is 28.0 Å². The van der Waals surface area contributed by atoms with E-state index >= 15 is 0 Å². The predicted molar refractivity (Wildman–Crippen MR) is 190 cm³/mol. The summed E-state index contributed by atoms with van der Waals surface area (Å²) in [5.74, 6) is 0. The van der Waals surface area contributed by atoms with Crippen molar-refractivity contribution < 1.29 is 9.25 Å². The second kappa shape index (κ2) is 7.80. The first-order valence-electron chi connectivity index (χ1n) is 16.9. The van der Waals surface area contributed by atoms with Gasteiger partial charge in [0.2, 0.25) is 5.69 Å². The highest BCUT2D eigenvalue weighted by molar-refractivity contribution is 6.13. The lowest BCUT2D eigenvalue weighted by molar-refractivity contribution is -0.989. The number of hydrogen-bond donors (Lipinski definition) is 0. The second-order valence-corrected chi connectivity index (χ2v) is 13.8. The molecule has 0 radical (unpaired) electrons. The summed E-state index contributed by atoms with van der Waals surface area (Å²) >= 11 is 0. The van der Waals surface area contributed by atoms with Gasteiger partial charge in [0, 0.05) is 35.5 Å². The summed E-state index contributed by atoms with van der Waals surface area (Å²) in [6.45, 7) is 4.59. The minimum atomic E-state index is -0.687. The minimum Gasteiger partial charge on any atom is -0.307 e. The van der Waals surface area contributed by atoms with E-state index in [9.17, 15) is 0 Å². The summed E-state index contributed by atoms with van der Waals surface area (Å²) in [5.41, 5.74) is 16.3. The Labute approximate surface area is 279 Å². The van der Waals surface area contributed by atoms with Crippen LogP contribution < -0.4 is 9.25 Å². The Morgan fingerprint density at radius 2 is 1.39 bits per heavy atom. The number of benzene rings is 4. The maximum atomic E-state index is 4.67. The predicted octanol–water partition coefficient (Wildman–Crippen LogP) is 7.42. The summed E-state index contributed by atoms with van der Waals surface area (Å²) in [7, 11) is 0. The van der Waals surface area contributed by atoms with Gasteiger partial charge in [0.25, 0.3) is 0 Å². The van der Waals surface area contributed by atoms with E-state index in [1.807, 2.05) is 12.3 Å². The average Bonchev–Trinajstić information content (AvgIpc) is 3.92. The molecule has 4 aromatic carbocycles. The Kier molecular flexibility index (Phi) is 3.93. The molecule has 0 fully saturated rings. The van der Waals surface area contributed by atoms with Gasteiger partial charge < -0.3 is 8.97 Å². The van der Waals surface area contributed by atoms with Crippen molar-refractivity contribution in [2.24, 2.45) is 0 Å². The number of hydrogen-bond acceptors (Lipinski definition) is 1. The molecule has 7 heteroatoms. The van der Waals surface area contributed by atoms with Crippen LogP contribution in [0.4, 0.5) is 0 Å². The highest BCUT2D eigenvalue weighted by Crippen LogP contribution is 2.54. The summed E-state index contributed by atoms with van der Waals surface area (Å²) < 4.78 is 15.0. The number of para-hydroxylation sites is 2. The number of fused-ring (bicyclic) bond motifs is 11. The molecule has 0 aliphatic carbocycles. The maximum absolute atomic E-state index is 4.67. The third-order valence-corrected chi connectivity index (χ3v) is 11.8. The number of nitrogens with zero attached hydrogens (tertiary/aromatic N) is 7. The fraction of sp³-hybridized carbons (Fsp3) is 0.0714. The Bertz CT molecular complexity index is 3190. The van der Waals surface area contributed by atoms with E-state index < -0.39 is 5.66 Å². The van der Waals surface area contributed by atoms with Crippen molar-refractivity contribution in [3.05, 3.63) is 150 Å². The molecule has 6 aromatic heterocycles. The Morgan fingerprint density at radius 3 is 2.24 bits per heavy atom. The van der Waals surface area contributed by atoms with Crippen molar-refractivity contribution in [2.45, 2.75) is 19.5 Å². The average molecular weight is 630 g/mol. The van der Waals surface area contributed by atoms with E-state index in [-0.39, 0.29) is 0 Å². The minimum absolute atomic E-state index is 0.687. The fourth-order valence-corrected chi connectivity index (χ4v) is 10.2. The van der Waals surface area contributed by atoms with Gasteiger partial charge in [-0.3, -0.25) is 0 Å². The summed E-state index contributed by atoms with van der Waals surface area (Å²) in [5, 5.41) is 5.09. The van der Waals surface area contributed by atoms with Gasteiger partial charge in [-0.05, 0) is 79.7 Å². The smallest absolute Gasteiger partial charge is 0.307 e. The maximum Gasteiger partial charge on any atom is 0.394 e. The van der Waals surface area contributed by atoms with Crippen molar-refractivity contribution in [1.29, 1.82) is 0 Å². The van der Waals surface area contributed by atoms with E-state index in [1.165, 1.54) is 88.9 Å². The van der Waals surface area contributed by atoms with Crippen LogP contribution in [0.3, 0.4) is 0 Å². The summed E-state index contributed by atoms with van der Waals surface area (Å²) in [6.07, 6.45) is 6.31. The normalized spacial score (nSPS) is 16.4. The molecule has 3 aliphatic rings. The molecule has 228 valence electrons. The Balaban J connectivity index is 1.33. The van der Waals surface area contributed by atoms with Crippen LogP contribution in [0.1, 0.15) is 22.5 Å². The molecule has 10 aromatic rings. The molecule has 13 rings (SSSR count). The van der Waals surface area contributed by atoms with Crippen LogP contribution in [0.15, 0.2) is 128 Å². The van der Waals surface area contributed by atoms with Crippen LogP contribution in [0.2, 0.25) is 0 Å². The van der Waals surface area contributed by atoms with Crippen LogP contribution in [-0.4, -0.2) is 23.2 Å². The van der Waals surface area contributed by atoms with E-state index in [0.29, 0.717) is 0 Å². The molecular weight excluding hydrogens is 603 g/mol. The third-order valence-electron chi connectivity index (χ3n) is 11.8. The molecule has 7 nitrogen and oxygen atoms in total. The van der Waals surface area contributed by atoms with Crippen molar-refractivity contribution >= 4 is 49.4 Å². The second-order valence-electron chi connectivity index (χ2n) is 13.8. The lowest BCUT2D eigenvalue weighted by atomic mass is 9.82. The van der Waals surface area contributed by atoms with Crippen LogP contribution in [0.5, 0.6) is 0 Å². The number of pyridine rings is 1. The molecule has 49 heavy (non-hydrogen) atoms. The first-order valence-corrected chi connectivity index (χ1v) is 16.9. The lowest BCUT2D eigenvalue weighted by Crippen LogP contribution is -2.77. The molecular formula is C42H27N7+2. The van der Waals surface area contributed by atoms with Gasteiger partial charge in [0.15, 0.2) is 5.69 Å². The van der Waals surface area contributed by atoms with E-state index in [0.717, 1.165) is 11.3 Å². The molecule has 1 spiro atoms. The largest absolute Gasteiger partial charge is 0.394 e. The first-order chi connectivity index (χ1) is 24.2. The monoisotopic (exact) mass is 629 g/mol. The van der Waals surface area contributed by atoms with Crippen LogP contribution in [0, 0.1) is 13.8 Å². The van der Waals surface area contributed by atoms with Crippen molar-refractivity contribution in [2.75, 3.05) is 0 Å². The first kappa shape index (κ1) is 24.7. The van der Waals surface area contributed by atoms with Crippen molar-refractivity contribution in [3.8, 4) is 28.3 Å². The molecule has 0 bridgehead atoms. The zero-order valence-electron chi connectivity index (χ0n) is 26.8. The molecule has 0 saturated carbocycles. The van der Waals surface area contributed by atoms with Crippen molar-refractivity contribution in [1.82, 2.24) is 23.2 Å². The quantitative estimate of drug-likeness (QED) is 0.174.